The Bertz CT molecular complexity index is 650. The molecule has 0 bridgehead atoms. The van der Waals surface area contributed by atoms with Crippen molar-refractivity contribution in [3.63, 3.8) is 0 Å². The lowest BCUT2D eigenvalue weighted by Gasteiger charge is -2.34. The van der Waals surface area contributed by atoms with Gasteiger partial charge >= 0.3 is 0 Å². The van der Waals surface area contributed by atoms with Crippen LogP contribution in [0.1, 0.15) is 52.9 Å². The third kappa shape index (κ3) is 3.97. The monoisotopic (exact) mass is 344 g/mol. The van der Waals surface area contributed by atoms with E-state index in [9.17, 15) is 9.59 Å². The SMILES string of the molecule is CC(C)CN1C(=O)C(C)Oc2cc(NC(=O)C3CCCCC3)ccc21. The van der Waals surface area contributed by atoms with E-state index in [4.69, 9.17) is 4.74 Å². The average Bonchev–Trinajstić information content (AvgIpc) is 2.59. The van der Waals surface area contributed by atoms with Gasteiger partial charge in [0, 0.05) is 24.2 Å². The molecular formula is C20H28N2O3. The number of ether oxygens (including phenoxy) is 1. The summed E-state index contributed by atoms with van der Waals surface area (Å²) in [7, 11) is 0. The summed E-state index contributed by atoms with van der Waals surface area (Å²) in [5.41, 5.74) is 1.52. The maximum Gasteiger partial charge on any atom is 0.267 e. The predicted octanol–water partition coefficient (Wildman–Crippen LogP) is 3.98. The van der Waals surface area contributed by atoms with Crippen molar-refractivity contribution < 1.29 is 14.3 Å². The van der Waals surface area contributed by atoms with Crippen molar-refractivity contribution in [3.8, 4) is 5.75 Å². The van der Waals surface area contributed by atoms with E-state index in [1.54, 1.807) is 11.8 Å². The summed E-state index contributed by atoms with van der Waals surface area (Å²) in [6.07, 6.45) is 4.94. The van der Waals surface area contributed by atoms with Gasteiger partial charge in [0.15, 0.2) is 6.10 Å². The fourth-order valence-electron chi connectivity index (χ4n) is 3.65. The molecule has 3 rings (SSSR count). The summed E-state index contributed by atoms with van der Waals surface area (Å²) in [6.45, 7) is 6.61. The lowest BCUT2D eigenvalue weighted by molar-refractivity contribution is -0.125. The minimum Gasteiger partial charge on any atom is -0.479 e. The van der Waals surface area contributed by atoms with E-state index >= 15 is 0 Å². The van der Waals surface area contributed by atoms with Crippen molar-refractivity contribution in [1.29, 1.82) is 0 Å². The van der Waals surface area contributed by atoms with Gasteiger partial charge in [-0.3, -0.25) is 9.59 Å². The number of rotatable bonds is 4. The average molecular weight is 344 g/mol. The third-order valence-corrected chi connectivity index (χ3v) is 4.96. The zero-order valence-electron chi connectivity index (χ0n) is 15.4. The summed E-state index contributed by atoms with van der Waals surface area (Å²) in [5, 5.41) is 3.02. The molecule has 0 aromatic heterocycles. The molecule has 5 nitrogen and oxygen atoms in total. The number of nitrogens with zero attached hydrogens (tertiary/aromatic N) is 1. The lowest BCUT2D eigenvalue weighted by atomic mass is 9.88. The van der Waals surface area contributed by atoms with Crippen LogP contribution in [0, 0.1) is 11.8 Å². The molecular weight excluding hydrogens is 316 g/mol. The van der Waals surface area contributed by atoms with Gasteiger partial charge in [-0.15, -0.1) is 0 Å². The summed E-state index contributed by atoms with van der Waals surface area (Å²) < 4.78 is 5.78. The maximum atomic E-state index is 12.4. The van der Waals surface area contributed by atoms with Crippen LogP contribution in [0.15, 0.2) is 18.2 Å². The molecule has 1 unspecified atom stereocenters. The molecule has 1 aromatic carbocycles. The van der Waals surface area contributed by atoms with E-state index < -0.39 is 6.10 Å². The maximum absolute atomic E-state index is 12.4. The van der Waals surface area contributed by atoms with Gasteiger partial charge in [0.2, 0.25) is 5.91 Å². The van der Waals surface area contributed by atoms with Crippen LogP contribution < -0.4 is 15.0 Å². The fourth-order valence-corrected chi connectivity index (χ4v) is 3.65. The van der Waals surface area contributed by atoms with Crippen LogP contribution in [-0.2, 0) is 9.59 Å². The second-order valence-electron chi connectivity index (χ2n) is 7.61. The van der Waals surface area contributed by atoms with E-state index in [-0.39, 0.29) is 17.7 Å². The first kappa shape index (κ1) is 17.8. The first-order chi connectivity index (χ1) is 12.0. The molecule has 0 spiro atoms. The van der Waals surface area contributed by atoms with E-state index in [1.807, 2.05) is 18.2 Å². The molecule has 0 radical (unpaired) electrons. The lowest BCUT2D eigenvalue weighted by Crippen LogP contribution is -2.46. The largest absolute Gasteiger partial charge is 0.479 e. The third-order valence-electron chi connectivity index (χ3n) is 4.96. The van der Waals surface area contributed by atoms with E-state index in [1.165, 1.54) is 6.42 Å². The van der Waals surface area contributed by atoms with Gasteiger partial charge < -0.3 is 15.0 Å². The van der Waals surface area contributed by atoms with Gasteiger partial charge in [0.05, 0.1) is 5.69 Å². The highest BCUT2D eigenvalue weighted by Crippen LogP contribution is 2.37. The number of nitrogens with one attached hydrogen (secondary N) is 1. The van der Waals surface area contributed by atoms with Crippen LogP contribution >= 0.6 is 0 Å². The van der Waals surface area contributed by atoms with Crippen molar-refractivity contribution >= 4 is 23.2 Å². The smallest absolute Gasteiger partial charge is 0.267 e. The zero-order valence-corrected chi connectivity index (χ0v) is 15.4. The Kier molecular flexibility index (Phi) is 5.30. The van der Waals surface area contributed by atoms with Crippen LogP contribution in [0.3, 0.4) is 0 Å². The Morgan fingerprint density at radius 2 is 2.00 bits per heavy atom. The molecule has 1 fully saturated rings. The molecule has 1 aliphatic heterocycles. The van der Waals surface area contributed by atoms with Gasteiger partial charge in [-0.25, -0.2) is 0 Å². The Balaban J connectivity index is 1.77. The van der Waals surface area contributed by atoms with Crippen molar-refractivity contribution in [3.05, 3.63) is 18.2 Å². The first-order valence-electron chi connectivity index (χ1n) is 9.38. The quantitative estimate of drug-likeness (QED) is 0.899. The summed E-state index contributed by atoms with van der Waals surface area (Å²) in [5.74, 6) is 1.23. The van der Waals surface area contributed by atoms with Crippen molar-refractivity contribution in [2.75, 3.05) is 16.8 Å². The molecule has 1 aromatic rings. The van der Waals surface area contributed by atoms with Crippen LogP contribution in [0.25, 0.3) is 0 Å². The number of carbonyl (C=O) groups is 2. The molecule has 1 saturated carbocycles. The topological polar surface area (TPSA) is 58.6 Å². The van der Waals surface area contributed by atoms with Crippen LogP contribution in [0.2, 0.25) is 0 Å². The zero-order chi connectivity index (χ0) is 18.0. The van der Waals surface area contributed by atoms with Crippen molar-refractivity contribution in [2.45, 2.75) is 59.0 Å². The number of hydrogen-bond donors (Lipinski definition) is 1. The molecule has 136 valence electrons. The summed E-state index contributed by atoms with van der Waals surface area (Å²) >= 11 is 0. The second-order valence-corrected chi connectivity index (χ2v) is 7.61. The normalized spacial score (nSPS) is 21.0. The number of fused-ring (bicyclic) bond motifs is 1. The van der Waals surface area contributed by atoms with Crippen molar-refractivity contribution in [2.24, 2.45) is 11.8 Å². The first-order valence-corrected chi connectivity index (χ1v) is 9.38. The fraction of sp³-hybridized carbons (Fsp3) is 0.600. The molecule has 2 amide bonds. The van der Waals surface area contributed by atoms with Gasteiger partial charge in [-0.1, -0.05) is 33.1 Å². The molecule has 1 aliphatic carbocycles. The van der Waals surface area contributed by atoms with E-state index in [0.29, 0.717) is 18.2 Å². The minimum absolute atomic E-state index is 0.0137. The summed E-state index contributed by atoms with van der Waals surface area (Å²) in [6, 6.07) is 5.57. The van der Waals surface area contributed by atoms with Gasteiger partial charge in [0.25, 0.3) is 5.91 Å². The Morgan fingerprint density at radius 3 is 2.68 bits per heavy atom. The number of amides is 2. The highest BCUT2D eigenvalue weighted by Gasteiger charge is 2.32. The highest BCUT2D eigenvalue weighted by atomic mass is 16.5. The Hall–Kier alpha value is -2.04. The van der Waals surface area contributed by atoms with E-state index in [2.05, 4.69) is 19.2 Å². The van der Waals surface area contributed by atoms with Crippen LogP contribution in [0.5, 0.6) is 5.75 Å². The number of benzene rings is 1. The van der Waals surface area contributed by atoms with Crippen LogP contribution in [-0.4, -0.2) is 24.5 Å². The van der Waals surface area contributed by atoms with E-state index in [0.717, 1.165) is 37.1 Å². The highest BCUT2D eigenvalue weighted by molar-refractivity contribution is 6.00. The number of hydrogen-bond acceptors (Lipinski definition) is 3. The molecule has 5 heteroatoms. The molecule has 1 atom stereocenters. The second kappa shape index (κ2) is 7.46. The standard InChI is InChI=1S/C20H28N2O3/c1-13(2)12-22-17-10-9-16(11-18(17)25-14(3)20(22)24)21-19(23)15-7-5-4-6-8-15/h9-11,13-15H,4-8,12H2,1-3H3,(H,21,23). The van der Waals surface area contributed by atoms with Gasteiger partial charge in [-0.2, -0.15) is 0 Å². The molecule has 25 heavy (non-hydrogen) atoms. The Labute approximate surface area is 149 Å². The number of carbonyl (C=O) groups excluding carboxylic acids is 2. The number of anilines is 2. The van der Waals surface area contributed by atoms with Crippen LogP contribution in [0.4, 0.5) is 11.4 Å². The summed E-state index contributed by atoms with van der Waals surface area (Å²) in [4.78, 5) is 26.7. The minimum atomic E-state index is -0.504. The molecule has 2 aliphatic rings. The van der Waals surface area contributed by atoms with Gasteiger partial charge in [0.1, 0.15) is 5.75 Å². The molecule has 1 heterocycles. The van der Waals surface area contributed by atoms with Crippen molar-refractivity contribution in [1.82, 2.24) is 0 Å². The predicted molar refractivity (Wildman–Crippen MR) is 98.9 cm³/mol. The molecule has 1 N–H and O–H groups in total. The molecule has 0 saturated heterocycles. The van der Waals surface area contributed by atoms with Gasteiger partial charge in [-0.05, 0) is 37.8 Å². The Morgan fingerprint density at radius 1 is 1.28 bits per heavy atom.